The molecule has 1 aliphatic heterocycles. The van der Waals surface area contributed by atoms with E-state index < -0.39 is 11.7 Å². The van der Waals surface area contributed by atoms with Gasteiger partial charge in [-0.05, 0) is 30.2 Å². The highest BCUT2D eigenvalue weighted by atomic mass is 19.4. The maximum absolute atomic E-state index is 12.3. The van der Waals surface area contributed by atoms with Gasteiger partial charge >= 0.3 is 6.18 Å². The van der Waals surface area contributed by atoms with Gasteiger partial charge in [0, 0.05) is 12.1 Å². The van der Waals surface area contributed by atoms with Crippen LogP contribution in [0.5, 0.6) is 0 Å². The van der Waals surface area contributed by atoms with Crippen molar-refractivity contribution in [2.24, 2.45) is 0 Å². The van der Waals surface area contributed by atoms with Crippen molar-refractivity contribution in [2.75, 3.05) is 6.54 Å². The fourth-order valence-corrected chi connectivity index (χ4v) is 1.64. The Bertz CT molecular complexity index is 460. The van der Waals surface area contributed by atoms with Crippen LogP contribution < -0.4 is 5.32 Å². The van der Waals surface area contributed by atoms with Gasteiger partial charge in [0.2, 0.25) is 5.91 Å². The lowest BCUT2D eigenvalue weighted by Gasteiger charge is -2.06. The lowest BCUT2D eigenvalue weighted by Crippen LogP contribution is -2.13. The van der Waals surface area contributed by atoms with Crippen LogP contribution in [0.2, 0.25) is 0 Å². The summed E-state index contributed by atoms with van der Waals surface area (Å²) < 4.78 is 36.9. The van der Waals surface area contributed by atoms with E-state index in [0.29, 0.717) is 24.1 Å². The smallest absolute Gasteiger partial charge is 0.352 e. The van der Waals surface area contributed by atoms with Crippen molar-refractivity contribution < 1.29 is 18.0 Å². The summed E-state index contributed by atoms with van der Waals surface area (Å²) in [7, 11) is 0. The van der Waals surface area contributed by atoms with Crippen LogP contribution in [0.4, 0.5) is 13.2 Å². The van der Waals surface area contributed by atoms with Crippen LogP contribution in [0.1, 0.15) is 17.5 Å². The van der Waals surface area contributed by atoms with Crippen LogP contribution in [0.3, 0.4) is 0 Å². The highest BCUT2D eigenvalue weighted by molar-refractivity contribution is 5.99. The third-order valence-corrected chi connectivity index (χ3v) is 2.55. The van der Waals surface area contributed by atoms with E-state index in [1.54, 1.807) is 6.08 Å². The molecule has 90 valence electrons. The molecule has 1 aromatic rings. The monoisotopic (exact) mass is 241 g/mol. The summed E-state index contributed by atoms with van der Waals surface area (Å²) in [4.78, 5) is 11.2. The lowest BCUT2D eigenvalue weighted by atomic mass is 10.1. The molecule has 1 aliphatic rings. The Labute approximate surface area is 96.1 Å². The number of carbonyl (C=O) groups excluding carboxylic acids is 1. The Morgan fingerprint density at radius 2 is 1.82 bits per heavy atom. The summed E-state index contributed by atoms with van der Waals surface area (Å²) in [6.07, 6.45) is -2.10. The summed E-state index contributed by atoms with van der Waals surface area (Å²) in [6.45, 7) is 0.589. The first-order valence-electron chi connectivity index (χ1n) is 5.13. The van der Waals surface area contributed by atoms with Gasteiger partial charge < -0.3 is 5.32 Å². The van der Waals surface area contributed by atoms with Gasteiger partial charge in [-0.2, -0.15) is 13.2 Å². The molecular formula is C12H10F3NO. The van der Waals surface area contributed by atoms with Crippen molar-refractivity contribution in [2.45, 2.75) is 12.6 Å². The predicted molar refractivity (Wildman–Crippen MR) is 57.0 cm³/mol. The predicted octanol–water partition coefficient (Wildman–Crippen LogP) is 2.61. The molecule has 0 spiro atoms. The van der Waals surface area contributed by atoms with Crippen LogP contribution >= 0.6 is 0 Å². The van der Waals surface area contributed by atoms with Crippen molar-refractivity contribution in [3.05, 3.63) is 41.0 Å². The standard InChI is InChI=1S/C12H10F3NO/c13-12(14,15)10-3-1-8(2-4-10)7-9-5-6-16-11(9)17/h1-4,7H,5-6H2,(H,16,17)/b9-7-. The zero-order chi connectivity index (χ0) is 12.5. The molecule has 1 amide bonds. The van der Waals surface area contributed by atoms with E-state index in [2.05, 4.69) is 5.32 Å². The SMILES string of the molecule is O=C1NCC/C1=C/c1ccc(C(F)(F)F)cc1. The number of rotatable bonds is 1. The molecule has 0 radical (unpaired) electrons. The molecule has 1 N–H and O–H groups in total. The Kier molecular flexibility index (Phi) is 2.92. The molecule has 0 aromatic heterocycles. The number of alkyl halides is 3. The fourth-order valence-electron chi connectivity index (χ4n) is 1.64. The van der Waals surface area contributed by atoms with E-state index in [1.807, 2.05) is 0 Å². The minimum absolute atomic E-state index is 0.148. The van der Waals surface area contributed by atoms with E-state index in [9.17, 15) is 18.0 Å². The molecule has 0 saturated carbocycles. The molecule has 0 aliphatic carbocycles. The summed E-state index contributed by atoms with van der Waals surface area (Å²) in [5, 5.41) is 2.64. The number of benzene rings is 1. The number of hydrogen-bond donors (Lipinski definition) is 1. The summed E-state index contributed by atoms with van der Waals surface area (Å²) in [5.74, 6) is -0.148. The zero-order valence-electron chi connectivity index (χ0n) is 8.84. The van der Waals surface area contributed by atoms with Gasteiger partial charge in [-0.3, -0.25) is 4.79 Å². The molecule has 1 heterocycles. The van der Waals surface area contributed by atoms with Gasteiger partial charge in [-0.1, -0.05) is 12.1 Å². The number of halogens is 3. The number of amides is 1. The van der Waals surface area contributed by atoms with Gasteiger partial charge in [-0.15, -0.1) is 0 Å². The summed E-state index contributed by atoms with van der Waals surface area (Å²) in [6, 6.07) is 4.75. The van der Waals surface area contributed by atoms with Crippen molar-refractivity contribution in [3.63, 3.8) is 0 Å². The lowest BCUT2D eigenvalue weighted by molar-refractivity contribution is -0.137. The van der Waals surface area contributed by atoms with Gasteiger partial charge in [-0.25, -0.2) is 0 Å². The van der Waals surface area contributed by atoms with Crippen LogP contribution in [0.25, 0.3) is 6.08 Å². The molecule has 17 heavy (non-hydrogen) atoms. The second kappa shape index (κ2) is 4.24. The maximum atomic E-state index is 12.3. The normalized spacial score (nSPS) is 18.5. The number of carbonyl (C=O) groups is 1. The Morgan fingerprint density at radius 3 is 2.29 bits per heavy atom. The van der Waals surface area contributed by atoms with Crippen LogP contribution in [0, 0.1) is 0 Å². The van der Waals surface area contributed by atoms with Crippen molar-refractivity contribution in [1.82, 2.24) is 5.32 Å². The Hall–Kier alpha value is -1.78. The number of nitrogens with one attached hydrogen (secondary N) is 1. The topological polar surface area (TPSA) is 29.1 Å². The highest BCUT2D eigenvalue weighted by Crippen LogP contribution is 2.29. The molecule has 0 atom stereocenters. The van der Waals surface area contributed by atoms with Gasteiger partial charge in [0.15, 0.2) is 0 Å². The average molecular weight is 241 g/mol. The quantitative estimate of drug-likeness (QED) is 0.752. The summed E-state index contributed by atoms with van der Waals surface area (Å²) in [5.41, 5.74) is 0.519. The van der Waals surface area contributed by atoms with E-state index in [4.69, 9.17) is 0 Å². The average Bonchev–Trinajstić information content (AvgIpc) is 2.64. The second-order valence-corrected chi connectivity index (χ2v) is 3.80. The molecule has 2 nitrogen and oxygen atoms in total. The third-order valence-electron chi connectivity index (χ3n) is 2.55. The first-order chi connectivity index (χ1) is 7.97. The second-order valence-electron chi connectivity index (χ2n) is 3.80. The number of hydrogen-bond acceptors (Lipinski definition) is 1. The van der Waals surface area contributed by atoms with E-state index in [0.717, 1.165) is 12.1 Å². The maximum Gasteiger partial charge on any atom is 0.416 e. The Balaban J connectivity index is 2.22. The first-order valence-corrected chi connectivity index (χ1v) is 5.13. The molecule has 0 unspecified atom stereocenters. The van der Waals surface area contributed by atoms with E-state index in [1.165, 1.54) is 12.1 Å². The molecule has 1 fully saturated rings. The molecular weight excluding hydrogens is 231 g/mol. The largest absolute Gasteiger partial charge is 0.416 e. The molecule has 5 heteroatoms. The van der Waals surface area contributed by atoms with Crippen molar-refractivity contribution in [3.8, 4) is 0 Å². The van der Waals surface area contributed by atoms with Crippen LogP contribution in [0.15, 0.2) is 29.8 Å². The molecule has 2 rings (SSSR count). The van der Waals surface area contributed by atoms with E-state index in [-0.39, 0.29) is 5.91 Å². The third kappa shape index (κ3) is 2.67. The summed E-state index contributed by atoms with van der Waals surface area (Å²) >= 11 is 0. The van der Waals surface area contributed by atoms with Crippen molar-refractivity contribution in [1.29, 1.82) is 0 Å². The molecule has 0 bridgehead atoms. The van der Waals surface area contributed by atoms with Gasteiger partial charge in [0.05, 0.1) is 5.56 Å². The van der Waals surface area contributed by atoms with E-state index >= 15 is 0 Å². The molecule has 1 aromatic carbocycles. The van der Waals surface area contributed by atoms with Gasteiger partial charge in [0.25, 0.3) is 0 Å². The van der Waals surface area contributed by atoms with Crippen LogP contribution in [-0.4, -0.2) is 12.5 Å². The minimum atomic E-state index is -4.32. The van der Waals surface area contributed by atoms with Gasteiger partial charge in [0.1, 0.15) is 0 Å². The highest BCUT2D eigenvalue weighted by Gasteiger charge is 2.29. The van der Waals surface area contributed by atoms with Crippen LogP contribution in [-0.2, 0) is 11.0 Å². The Morgan fingerprint density at radius 1 is 1.18 bits per heavy atom. The minimum Gasteiger partial charge on any atom is -0.352 e. The fraction of sp³-hybridized carbons (Fsp3) is 0.250. The zero-order valence-corrected chi connectivity index (χ0v) is 8.84. The molecule has 1 saturated heterocycles. The first kappa shape index (κ1) is 11.7. The van der Waals surface area contributed by atoms with Crippen molar-refractivity contribution >= 4 is 12.0 Å².